The third kappa shape index (κ3) is 2.37. The van der Waals surface area contributed by atoms with Gasteiger partial charge in [-0.15, -0.1) is 0 Å². The number of halogens is 1. The van der Waals surface area contributed by atoms with E-state index < -0.39 is 5.67 Å². The lowest BCUT2D eigenvalue weighted by Gasteiger charge is -2.20. The minimum Gasteiger partial charge on any atom is -0.343 e. The lowest BCUT2D eigenvalue weighted by atomic mass is 9.97. The van der Waals surface area contributed by atoms with Gasteiger partial charge in [0.1, 0.15) is 11.5 Å². The van der Waals surface area contributed by atoms with E-state index in [9.17, 15) is 4.39 Å². The van der Waals surface area contributed by atoms with Crippen molar-refractivity contribution in [2.24, 2.45) is 0 Å². The van der Waals surface area contributed by atoms with E-state index in [1.807, 2.05) is 0 Å². The number of imidazole rings is 1. The highest BCUT2D eigenvalue weighted by Gasteiger charge is 2.24. The molecule has 1 saturated heterocycles. The molecule has 2 rings (SSSR count). The van der Waals surface area contributed by atoms with Crippen LogP contribution in [0.2, 0.25) is 0 Å². The highest BCUT2D eigenvalue weighted by Crippen LogP contribution is 2.27. The van der Waals surface area contributed by atoms with Gasteiger partial charge in [-0.3, -0.25) is 0 Å². The van der Waals surface area contributed by atoms with E-state index in [0.29, 0.717) is 11.6 Å². The Kier molecular flexibility index (Phi) is 2.78. The Bertz CT molecular complexity index is 321. The van der Waals surface area contributed by atoms with Gasteiger partial charge in [0.25, 0.3) is 0 Å². The molecule has 0 amide bonds. The molecule has 1 aliphatic heterocycles. The largest absolute Gasteiger partial charge is 0.343 e. The van der Waals surface area contributed by atoms with Crippen LogP contribution in [-0.2, 0) is 5.67 Å². The maximum atomic E-state index is 13.6. The Morgan fingerprint density at radius 3 is 2.60 bits per heavy atom. The monoisotopic (exact) mass is 211 g/mol. The Morgan fingerprint density at radius 2 is 2.07 bits per heavy atom. The van der Waals surface area contributed by atoms with Gasteiger partial charge in [0.05, 0.1) is 11.9 Å². The summed E-state index contributed by atoms with van der Waals surface area (Å²) in [6, 6.07) is 0. The molecule has 1 aromatic heterocycles. The van der Waals surface area contributed by atoms with E-state index in [4.69, 9.17) is 0 Å². The fourth-order valence-corrected chi connectivity index (χ4v) is 1.94. The Balaban J connectivity index is 2.12. The van der Waals surface area contributed by atoms with E-state index in [-0.39, 0.29) is 0 Å². The maximum Gasteiger partial charge on any atom is 0.146 e. The highest BCUT2D eigenvalue weighted by atomic mass is 19.1. The van der Waals surface area contributed by atoms with Gasteiger partial charge in [-0.2, -0.15) is 0 Å². The molecule has 0 unspecified atom stereocenters. The molecule has 4 heteroatoms. The third-order valence-corrected chi connectivity index (χ3v) is 2.96. The van der Waals surface area contributed by atoms with Crippen LogP contribution in [0.15, 0.2) is 6.20 Å². The molecule has 0 radical (unpaired) electrons. The van der Waals surface area contributed by atoms with Gasteiger partial charge in [0, 0.05) is 5.92 Å². The molecular weight excluding hydrogens is 193 g/mol. The third-order valence-electron chi connectivity index (χ3n) is 2.96. The predicted octanol–water partition coefficient (Wildman–Crippen LogP) is 2.08. The first-order chi connectivity index (χ1) is 7.07. The summed E-state index contributed by atoms with van der Waals surface area (Å²) in [6.45, 7) is 5.15. The lowest BCUT2D eigenvalue weighted by Crippen LogP contribution is -2.27. The molecule has 0 spiro atoms. The summed E-state index contributed by atoms with van der Waals surface area (Å²) in [5.41, 5.74) is -0.742. The number of aromatic nitrogens is 2. The maximum absolute atomic E-state index is 13.6. The van der Waals surface area contributed by atoms with Crippen LogP contribution in [0.3, 0.4) is 0 Å². The minimum absolute atomic E-state index is 0.461. The number of rotatable bonds is 2. The minimum atomic E-state index is -1.32. The van der Waals surface area contributed by atoms with E-state index >= 15 is 0 Å². The Labute approximate surface area is 89.5 Å². The van der Waals surface area contributed by atoms with Crippen molar-refractivity contribution in [3.8, 4) is 0 Å². The zero-order chi connectivity index (χ0) is 10.9. The van der Waals surface area contributed by atoms with Crippen LogP contribution in [0.5, 0.6) is 0 Å². The van der Waals surface area contributed by atoms with E-state index in [2.05, 4.69) is 15.3 Å². The molecule has 0 saturated carbocycles. The number of nitrogens with zero attached hydrogens (tertiary/aromatic N) is 1. The van der Waals surface area contributed by atoms with Gasteiger partial charge in [0.2, 0.25) is 0 Å². The number of H-pyrrole nitrogens is 1. The first-order valence-electron chi connectivity index (χ1n) is 5.52. The van der Waals surface area contributed by atoms with Crippen molar-refractivity contribution in [2.45, 2.75) is 38.3 Å². The first-order valence-corrected chi connectivity index (χ1v) is 5.52. The number of alkyl halides is 1. The summed E-state index contributed by atoms with van der Waals surface area (Å²) in [4.78, 5) is 7.39. The van der Waals surface area contributed by atoms with Crippen molar-refractivity contribution in [3.05, 3.63) is 17.7 Å². The molecule has 1 aliphatic rings. The van der Waals surface area contributed by atoms with Crippen molar-refractivity contribution >= 4 is 0 Å². The second kappa shape index (κ2) is 3.93. The molecule has 0 aromatic carbocycles. The zero-order valence-corrected chi connectivity index (χ0v) is 9.31. The topological polar surface area (TPSA) is 40.7 Å². The Morgan fingerprint density at radius 1 is 1.40 bits per heavy atom. The fraction of sp³-hybridized carbons (Fsp3) is 0.727. The van der Waals surface area contributed by atoms with Crippen molar-refractivity contribution in [1.29, 1.82) is 0 Å². The summed E-state index contributed by atoms with van der Waals surface area (Å²) in [5.74, 6) is 1.40. The number of nitrogens with one attached hydrogen (secondary N) is 2. The second-order valence-electron chi connectivity index (χ2n) is 4.68. The molecule has 15 heavy (non-hydrogen) atoms. The number of aromatic amines is 1. The molecule has 84 valence electrons. The molecule has 3 nitrogen and oxygen atoms in total. The second-order valence-corrected chi connectivity index (χ2v) is 4.68. The van der Waals surface area contributed by atoms with E-state index in [1.54, 1.807) is 20.0 Å². The fourth-order valence-electron chi connectivity index (χ4n) is 1.94. The van der Waals surface area contributed by atoms with Crippen LogP contribution in [-0.4, -0.2) is 23.1 Å². The van der Waals surface area contributed by atoms with Gasteiger partial charge in [0.15, 0.2) is 0 Å². The normalized spacial score (nSPS) is 19.4. The quantitative estimate of drug-likeness (QED) is 0.786. The lowest BCUT2D eigenvalue weighted by molar-refractivity contribution is 0.214. The summed E-state index contributed by atoms with van der Waals surface area (Å²) < 4.78 is 13.6. The smallest absolute Gasteiger partial charge is 0.146 e. The van der Waals surface area contributed by atoms with Crippen LogP contribution >= 0.6 is 0 Å². The number of hydrogen-bond donors (Lipinski definition) is 2. The van der Waals surface area contributed by atoms with Crippen LogP contribution < -0.4 is 5.32 Å². The molecule has 1 fully saturated rings. The summed E-state index contributed by atoms with van der Waals surface area (Å²) in [5, 5.41) is 3.31. The number of piperidine rings is 1. The van der Waals surface area contributed by atoms with Crippen LogP contribution in [0.1, 0.15) is 44.1 Å². The van der Waals surface area contributed by atoms with Gasteiger partial charge < -0.3 is 10.3 Å². The van der Waals surface area contributed by atoms with Gasteiger partial charge >= 0.3 is 0 Å². The van der Waals surface area contributed by atoms with Crippen LogP contribution in [0.25, 0.3) is 0 Å². The van der Waals surface area contributed by atoms with Gasteiger partial charge in [-0.25, -0.2) is 9.37 Å². The van der Waals surface area contributed by atoms with Crippen molar-refractivity contribution in [1.82, 2.24) is 15.3 Å². The Hall–Kier alpha value is -0.900. The molecule has 1 aromatic rings. The van der Waals surface area contributed by atoms with Gasteiger partial charge in [-0.05, 0) is 39.8 Å². The standard InChI is InChI=1S/C11H18FN3/c1-11(2,12)9-7-14-10(15-9)8-3-5-13-6-4-8/h7-8,13H,3-6H2,1-2H3,(H,14,15). The molecule has 2 heterocycles. The van der Waals surface area contributed by atoms with Crippen LogP contribution in [0.4, 0.5) is 4.39 Å². The summed E-state index contributed by atoms with van der Waals surface area (Å²) >= 11 is 0. The average molecular weight is 211 g/mol. The average Bonchev–Trinajstić information content (AvgIpc) is 2.67. The number of hydrogen-bond acceptors (Lipinski definition) is 2. The van der Waals surface area contributed by atoms with Crippen LogP contribution in [0, 0.1) is 0 Å². The molecule has 0 aliphatic carbocycles. The van der Waals surface area contributed by atoms with Crippen molar-refractivity contribution in [2.75, 3.05) is 13.1 Å². The SMILES string of the molecule is CC(C)(F)c1cnc(C2CCNCC2)[nH]1. The van der Waals surface area contributed by atoms with Gasteiger partial charge in [-0.1, -0.05) is 0 Å². The van der Waals surface area contributed by atoms with E-state index in [0.717, 1.165) is 31.8 Å². The zero-order valence-electron chi connectivity index (χ0n) is 9.31. The van der Waals surface area contributed by atoms with E-state index in [1.165, 1.54) is 0 Å². The molecule has 0 atom stereocenters. The molecule has 0 bridgehead atoms. The van der Waals surface area contributed by atoms with Crippen molar-refractivity contribution in [3.63, 3.8) is 0 Å². The summed E-state index contributed by atoms with van der Waals surface area (Å²) in [6.07, 6.45) is 3.79. The summed E-state index contributed by atoms with van der Waals surface area (Å²) in [7, 11) is 0. The molecular formula is C11H18FN3. The van der Waals surface area contributed by atoms with Crippen molar-refractivity contribution < 1.29 is 4.39 Å². The predicted molar refractivity (Wildman–Crippen MR) is 57.6 cm³/mol. The highest BCUT2D eigenvalue weighted by molar-refractivity contribution is 5.12. The molecule has 2 N–H and O–H groups in total. The first kappa shape index (κ1) is 10.6.